The van der Waals surface area contributed by atoms with E-state index >= 15 is 0 Å². The maximum Gasteiger partial charge on any atom is 0.221 e. The van der Waals surface area contributed by atoms with Crippen LogP contribution in [0.5, 0.6) is 0 Å². The number of nitrogens with zero attached hydrogens (tertiary/aromatic N) is 3. The average molecular weight is 210 g/mol. The van der Waals surface area contributed by atoms with Gasteiger partial charge in [-0.3, -0.25) is 0 Å². The van der Waals surface area contributed by atoms with Crippen LogP contribution in [0.25, 0.3) is 0 Å². The topological polar surface area (TPSA) is 75.3 Å². The lowest BCUT2D eigenvalue weighted by Crippen LogP contribution is -2.34. The van der Waals surface area contributed by atoms with Crippen LogP contribution in [0, 0.1) is 6.92 Å². The molecular formula is C10H18N4O. The number of aliphatic hydroxyl groups is 1. The van der Waals surface area contributed by atoms with Crippen molar-refractivity contribution < 1.29 is 5.11 Å². The molecule has 1 aromatic rings. The monoisotopic (exact) mass is 210 g/mol. The fraction of sp³-hybridized carbons (Fsp3) is 0.600. The van der Waals surface area contributed by atoms with Crippen molar-refractivity contribution in [2.75, 3.05) is 23.8 Å². The minimum absolute atomic E-state index is 0.0987. The number of nitrogen functional groups attached to an aromatic ring is 1. The largest absolute Gasteiger partial charge is 0.395 e. The van der Waals surface area contributed by atoms with Crippen molar-refractivity contribution in [1.29, 1.82) is 0 Å². The van der Waals surface area contributed by atoms with Crippen molar-refractivity contribution in [3.63, 3.8) is 0 Å². The summed E-state index contributed by atoms with van der Waals surface area (Å²) in [6.45, 7) is 6.68. The minimum atomic E-state index is 0.0987. The van der Waals surface area contributed by atoms with E-state index in [1.807, 2.05) is 25.7 Å². The van der Waals surface area contributed by atoms with Gasteiger partial charge < -0.3 is 15.7 Å². The molecular weight excluding hydrogens is 192 g/mol. The van der Waals surface area contributed by atoms with Gasteiger partial charge in [-0.1, -0.05) is 0 Å². The molecule has 1 aromatic heterocycles. The summed E-state index contributed by atoms with van der Waals surface area (Å²) < 4.78 is 0. The Morgan fingerprint density at radius 2 is 2.20 bits per heavy atom. The summed E-state index contributed by atoms with van der Waals surface area (Å²) in [5.74, 6) is 1.06. The summed E-state index contributed by atoms with van der Waals surface area (Å²) in [5, 5.41) is 8.99. The van der Waals surface area contributed by atoms with Crippen LogP contribution in [-0.2, 0) is 0 Å². The van der Waals surface area contributed by atoms with Gasteiger partial charge in [-0.2, -0.15) is 4.98 Å². The van der Waals surface area contributed by atoms with Crippen molar-refractivity contribution in [3.8, 4) is 0 Å². The second-order valence-corrected chi connectivity index (χ2v) is 3.75. The van der Waals surface area contributed by atoms with Gasteiger partial charge in [-0.25, -0.2) is 4.98 Å². The molecule has 0 fully saturated rings. The zero-order valence-electron chi connectivity index (χ0n) is 9.44. The Balaban J connectivity index is 3.04. The van der Waals surface area contributed by atoms with Gasteiger partial charge >= 0.3 is 0 Å². The molecule has 1 heterocycles. The third kappa shape index (κ3) is 2.79. The Kier molecular flexibility index (Phi) is 3.85. The third-order valence-electron chi connectivity index (χ3n) is 2.20. The maximum atomic E-state index is 8.99. The predicted molar refractivity (Wildman–Crippen MR) is 60.7 cm³/mol. The predicted octanol–water partition coefficient (Wildman–Crippen LogP) is 0.574. The molecule has 0 saturated carbocycles. The number of aryl methyl sites for hydroxylation is 1. The Bertz CT molecular complexity index is 327. The smallest absolute Gasteiger partial charge is 0.221 e. The van der Waals surface area contributed by atoms with Crippen LogP contribution in [0.1, 0.15) is 19.4 Å². The number of rotatable bonds is 4. The molecule has 0 aliphatic rings. The first-order chi connectivity index (χ1) is 7.06. The van der Waals surface area contributed by atoms with E-state index in [0.29, 0.717) is 6.54 Å². The lowest BCUT2D eigenvalue weighted by Gasteiger charge is -2.28. The van der Waals surface area contributed by atoms with Gasteiger partial charge in [-0.15, -0.1) is 0 Å². The second-order valence-electron chi connectivity index (χ2n) is 3.75. The van der Waals surface area contributed by atoms with Crippen LogP contribution in [-0.4, -0.2) is 34.3 Å². The van der Waals surface area contributed by atoms with Crippen LogP contribution >= 0.6 is 0 Å². The first-order valence-electron chi connectivity index (χ1n) is 5.03. The highest BCUT2D eigenvalue weighted by Gasteiger charge is 2.14. The van der Waals surface area contributed by atoms with Crippen molar-refractivity contribution in [3.05, 3.63) is 11.8 Å². The molecule has 5 nitrogen and oxygen atoms in total. The Morgan fingerprint density at radius 3 is 2.73 bits per heavy atom. The number of hydrogen-bond donors (Lipinski definition) is 2. The molecule has 84 valence electrons. The van der Waals surface area contributed by atoms with Crippen molar-refractivity contribution >= 4 is 11.8 Å². The minimum Gasteiger partial charge on any atom is -0.395 e. The van der Waals surface area contributed by atoms with E-state index in [2.05, 4.69) is 9.97 Å². The molecule has 0 saturated heterocycles. The van der Waals surface area contributed by atoms with Gasteiger partial charge in [0.25, 0.3) is 0 Å². The molecule has 15 heavy (non-hydrogen) atoms. The number of anilines is 2. The molecule has 0 aliphatic heterocycles. The van der Waals surface area contributed by atoms with Crippen LogP contribution in [0.3, 0.4) is 0 Å². The van der Waals surface area contributed by atoms with E-state index in [-0.39, 0.29) is 18.6 Å². The molecule has 0 aromatic carbocycles. The van der Waals surface area contributed by atoms with Gasteiger partial charge in [0.1, 0.15) is 5.82 Å². The zero-order chi connectivity index (χ0) is 11.4. The highest BCUT2D eigenvalue weighted by Crippen LogP contribution is 2.18. The fourth-order valence-electron chi connectivity index (χ4n) is 1.45. The van der Waals surface area contributed by atoms with Crippen molar-refractivity contribution in [1.82, 2.24) is 9.97 Å². The lowest BCUT2D eigenvalue weighted by molar-refractivity contribution is 0.298. The number of aromatic nitrogens is 2. The SMILES string of the molecule is Cc1cnc(N)nc1N(CCO)C(C)C. The number of hydrogen-bond acceptors (Lipinski definition) is 5. The first-order valence-corrected chi connectivity index (χ1v) is 5.03. The van der Waals surface area contributed by atoms with Gasteiger partial charge in [0.05, 0.1) is 6.61 Å². The molecule has 0 radical (unpaired) electrons. The van der Waals surface area contributed by atoms with E-state index < -0.39 is 0 Å². The Morgan fingerprint density at radius 1 is 1.53 bits per heavy atom. The zero-order valence-corrected chi connectivity index (χ0v) is 9.44. The summed E-state index contributed by atoms with van der Waals surface area (Å²) in [5.41, 5.74) is 6.51. The Labute approximate surface area is 90.0 Å². The highest BCUT2D eigenvalue weighted by atomic mass is 16.3. The van der Waals surface area contributed by atoms with Crippen molar-refractivity contribution in [2.24, 2.45) is 0 Å². The van der Waals surface area contributed by atoms with Crippen LogP contribution in [0.4, 0.5) is 11.8 Å². The molecule has 5 heteroatoms. The molecule has 0 spiro atoms. The molecule has 0 aliphatic carbocycles. The Hall–Kier alpha value is -1.36. The lowest BCUT2D eigenvalue weighted by atomic mass is 10.2. The normalized spacial score (nSPS) is 10.7. The van der Waals surface area contributed by atoms with E-state index in [4.69, 9.17) is 10.8 Å². The van der Waals surface area contributed by atoms with Crippen LogP contribution < -0.4 is 10.6 Å². The molecule has 3 N–H and O–H groups in total. The fourth-order valence-corrected chi connectivity index (χ4v) is 1.45. The molecule has 0 bridgehead atoms. The summed E-state index contributed by atoms with van der Waals surface area (Å²) in [4.78, 5) is 10.1. The summed E-state index contributed by atoms with van der Waals surface area (Å²) in [6, 6.07) is 0.269. The quantitative estimate of drug-likeness (QED) is 0.760. The van der Waals surface area contributed by atoms with Gasteiger partial charge in [-0.05, 0) is 20.8 Å². The van der Waals surface area contributed by atoms with Crippen molar-refractivity contribution in [2.45, 2.75) is 26.8 Å². The van der Waals surface area contributed by atoms with Crippen LogP contribution in [0.2, 0.25) is 0 Å². The number of nitrogens with two attached hydrogens (primary N) is 1. The third-order valence-corrected chi connectivity index (χ3v) is 2.20. The summed E-state index contributed by atoms with van der Waals surface area (Å²) >= 11 is 0. The van der Waals surface area contributed by atoms with E-state index in [1.54, 1.807) is 6.20 Å². The van der Waals surface area contributed by atoms with E-state index in [9.17, 15) is 0 Å². The second kappa shape index (κ2) is 4.93. The van der Waals surface area contributed by atoms with E-state index in [0.717, 1.165) is 11.4 Å². The molecule has 1 rings (SSSR count). The van der Waals surface area contributed by atoms with Gasteiger partial charge in [0, 0.05) is 24.3 Å². The molecule has 0 atom stereocenters. The summed E-state index contributed by atoms with van der Waals surface area (Å²) in [6.07, 6.45) is 1.70. The standard InChI is InChI=1S/C10H18N4O/c1-7(2)14(4-5-15)9-8(3)6-12-10(11)13-9/h6-7,15H,4-5H2,1-3H3,(H2,11,12,13). The van der Waals surface area contributed by atoms with E-state index in [1.165, 1.54) is 0 Å². The average Bonchev–Trinajstić information content (AvgIpc) is 2.18. The van der Waals surface area contributed by atoms with Gasteiger partial charge in [0.15, 0.2) is 0 Å². The molecule has 0 unspecified atom stereocenters. The summed E-state index contributed by atoms with van der Waals surface area (Å²) in [7, 11) is 0. The maximum absolute atomic E-state index is 8.99. The van der Waals surface area contributed by atoms with Crippen LogP contribution in [0.15, 0.2) is 6.20 Å². The van der Waals surface area contributed by atoms with Gasteiger partial charge in [0.2, 0.25) is 5.95 Å². The highest BCUT2D eigenvalue weighted by molar-refractivity contribution is 5.48. The first kappa shape index (κ1) is 11.7. The number of aliphatic hydroxyl groups excluding tert-OH is 1. The molecule has 0 amide bonds.